The second-order valence-corrected chi connectivity index (χ2v) is 3.30. The Labute approximate surface area is 86.1 Å². The smallest absolute Gasteiger partial charge is 0.0544 e. The minimum atomic E-state index is 0.860. The zero-order chi connectivity index (χ0) is 10.2. The van der Waals surface area contributed by atoms with Gasteiger partial charge in [-0.3, -0.25) is 4.98 Å². The first-order valence-electron chi connectivity index (χ1n) is 5.07. The molecule has 0 fully saturated rings. The van der Waals surface area contributed by atoms with Gasteiger partial charge in [-0.25, -0.2) is 0 Å². The van der Waals surface area contributed by atoms with Gasteiger partial charge in [-0.2, -0.15) is 0 Å². The number of pyridine rings is 1. The van der Waals surface area contributed by atoms with Crippen molar-refractivity contribution >= 4 is 0 Å². The standard InChI is InChI=1S/C12H18N2/c1-3-4-5-9-13-10-12-8-6-7-11(2)14-12/h3-4,6-8,13H,5,9-10H2,1-2H3/b4-3+. The lowest BCUT2D eigenvalue weighted by Gasteiger charge is -2.02. The molecule has 1 aromatic heterocycles. The molecule has 1 aromatic rings. The molecule has 0 amide bonds. The molecule has 0 aliphatic carbocycles. The lowest BCUT2D eigenvalue weighted by Crippen LogP contribution is -2.15. The SMILES string of the molecule is C/C=C/CCNCc1cccc(C)n1. The first kappa shape index (κ1) is 10.9. The van der Waals surface area contributed by atoms with Crippen LogP contribution in [0.25, 0.3) is 0 Å². The van der Waals surface area contributed by atoms with Crippen molar-refractivity contribution in [2.45, 2.75) is 26.8 Å². The topological polar surface area (TPSA) is 24.9 Å². The van der Waals surface area contributed by atoms with Gasteiger partial charge in [0.25, 0.3) is 0 Å². The fraction of sp³-hybridized carbons (Fsp3) is 0.417. The number of rotatable bonds is 5. The maximum absolute atomic E-state index is 4.41. The Hall–Kier alpha value is -1.15. The summed E-state index contributed by atoms with van der Waals surface area (Å²) in [5.41, 5.74) is 2.20. The van der Waals surface area contributed by atoms with Crippen LogP contribution in [0.15, 0.2) is 30.4 Å². The Morgan fingerprint density at radius 2 is 2.29 bits per heavy atom. The summed E-state index contributed by atoms with van der Waals surface area (Å²) in [5.74, 6) is 0. The minimum absolute atomic E-state index is 0.860. The van der Waals surface area contributed by atoms with Crippen molar-refractivity contribution in [3.63, 3.8) is 0 Å². The first-order chi connectivity index (χ1) is 6.83. The van der Waals surface area contributed by atoms with Crippen LogP contribution >= 0.6 is 0 Å². The van der Waals surface area contributed by atoms with E-state index in [4.69, 9.17) is 0 Å². The molecule has 0 radical (unpaired) electrons. The lowest BCUT2D eigenvalue weighted by molar-refractivity contribution is 0.681. The van der Waals surface area contributed by atoms with Crippen molar-refractivity contribution in [1.29, 1.82) is 0 Å². The Bertz CT molecular complexity index is 292. The van der Waals surface area contributed by atoms with Crippen LogP contribution in [0.2, 0.25) is 0 Å². The monoisotopic (exact) mass is 190 g/mol. The van der Waals surface area contributed by atoms with E-state index in [1.165, 1.54) is 0 Å². The molecule has 14 heavy (non-hydrogen) atoms. The Morgan fingerprint density at radius 1 is 1.43 bits per heavy atom. The summed E-state index contributed by atoms with van der Waals surface area (Å²) in [5, 5.41) is 3.35. The van der Waals surface area contributed by atoms with Gasteiger partial charge in [0, 0.05) is 12.2 Å². The Balaban J connectivity index is 2.24. The number of nitrogens with one attached hydrogen (secondary N) is 1. The molecule has 0 spiro atoms. The van der Waals surface area contributed by atoms with Crippen molar-refractivity contribution in [2.24, 2.45) is 0 Å². The third kappa shape index (κ3) is 4.19. The van der Waals surface area contributed by atoms with Gasteiger partial charge >= 0.3 is 0 Å². The van der Waals surface area contributed by atoms with E-state index in [1.807, 2.05) is 26.0 Å². The van der Waals surface area contributed by atoms with Crippen molar-refractivity contribution < 1.29 is 0 Å². The van der Waals surface area contributed by atoms with Crippen molar-refractivity contribution in [1.82, 2.24) is 10.3 Å². The third-order valence-corrected chi connectivity index (χ3v) is 1.98. The summed E-state index contributed by atoms with van der Waals surface area (Å²) < 4.78 is 0. The zero-order valence-electron chi connectivity index (χ0n) is 8.96. The highest BCUT2D eigenvalue weighted by molar-refractivity contribution is 5.09. The molecule has 1 rings (SSSR count). The van der Waals surface area contributed by atoms with E-state index in [0.29, 0.717) is 0 Å². The maximum Gasteiger partial charge on any atom is 0.0544 e. The fourth-order valence-electron chi connectivity index (χ4n) is 1.27. The summed E-state index contributed by atoms with van der Waals surface area (Å²) in [7, 11) is 0. The molecular weight excluding hydrogens is 172 g/mol. The van der Waals surface area contributed by atoms with Crippen LogP contribution in [-0.4, -0.2) is 11.5 Å². The summed E-state index contributed by atoms with van der Waals surface area (Å²) in [6.07, 6.45) is 5.32. The van der Waals surface area contributed by atoms with Gasteiger partial charge < -0.3 is 5.32 Å². The van der Waals surface area contributed by atoms with E-state index >= 15 is 0 Å². The summed E-state index contributed by atoms with van der Waals surface area (Å²) in [6, 6.07) is 6.12. The van der Waals surface area contributed by atoms with Crippen LogP contribution in [0.4, 0.5) is 0 Å². The maximum atomic E-state index is 4.41. The summed E-state index contributed by atoms with van der Waals surface area (Å²) in [6.45, 7) is 5.94. The molecule has 0 aliphatic rings. The third-order valence-electron chi connectivity index (χ3n) is 1.98. The highest BCUT2D eigenvalue weighted by Crippen LogP contribution is 1.97. The second kappa shape index (κ2) is 6.33. The summed E-state index contributed by atoms with van der Waals surface area (Å²) >= 11 is 0. The zero-order valence-corrected chi connectivity index (χ0v) is 8.96. The first-order valence-corrected chi connectivity index (χ1v) is 5.07. The van der Waals surface area contributed by atoms with Crippen LogP contribution in [0.5, 0.6) is 0 Å². The molecule has 0 saturated heterocycles. The largest absolute Gasteiger partial charge is 0.311 e. The summed E-state index contributed by atoms with van der Waals surface area (Å²) in [4.78, 5) is 4.41. The van der Waals surface area contributed by atoms with E-state index in [9.17, 15) is 0 Å². The minimum Gasteiger partial charge on any atom is -0.311 e. The predicted molar refractivity (Wildman–Crippen MR) is 60.1 cm³/mol. The molecule has 0 bridgehead atoms. The molecule has 1 heterocycles. The van der Waals surface area contributed by atoms with Gasteiger partial charge in [0.05, 0.1) is 5.69 Å². The average molecular weight is 190 g/mol. The van der Waals surface area contributed by atoms with E-state index in [1.54, 1.807) is 0 Å². The molecule has 0 saturated carbocycles. The van der Waals surface area contributed by atoms with Crippen molar-refractivity contribution in [2.75, 3.05) is 6.54 Å². The van der Waals surface area contributed by atoms with Crippen molar-refractivity contribution in [3.05, 3.63) is 41.7 Å². The highest BCUT2D eigenvalue weighted by atomic mass is 14.9. The van der Waals surface area contributed by atoms with Gasteiger partial charge in [-0.15, -0.1) is 0 Å². The molecule has 0 aromatic carbocycles. The quantitative estimate of drug-likeness (QED) is 0.570. The number of hydrogen-bond donors (Lipinski definition) is 1. The van der Waals surface area contributed by atoms with Gasteiger partial charge in [-0.05, 0) is 38.9 Å². The van der Waals surface area contributed by atoms with E-state index in [0.717, 1.165) is 30.9 Å². The normalized spacial score (nSPS) is 11.0. The molecule has 0 atom stereocenters. The second-order valence-electron chi connectivity index (χ2n) is 3.30. The van der Waals surface area contributed by atoms with Crippen molar-refractivity contribution in [3.8, 4) is 0 Å². The molecule has 1 N–H and O–H groups in total. The lowest BCUT2D eigenvalue weighted by atomic mass is 10.3. The molecule has 0 unspecified atom stereocenters. The molecule has 76 valence electrons. The van der Waals surface area contributed by atoms with E-state index in [-0.39, 0.29) is 0 Å². The van der Waals surface area contributed by atoms with Crippen LogP contribution in [-0.2, 0) is 6.54 Å². The average Bonchev–Trinajstić information content (AvgIpc) is 2.18. The van der Waals surface area contributed by atoms with Crippen LogP contribution < -0.4 is 5.32 Å². The van der Waals surface area contributed by atoms with Gasteiger partial charge in [-0.1, -0.05) is 18.2 Å². The van der Waals surface area contributed by atoms with Crippen LogP contribution in [0, 0.1) is 6.92 Å². The highest BCUT2D eigenvalue weighted by Gasteiger charge is 1.92. The number of aryl methyl sites for hydroxylation is 1. The number of nitrogens with zero attached hydrogens (tertiary/aromatic N) is 1. The van der Waals surface area contributed by atoms with E-state index in [2.05, 4.69) is 28.5 Å². The van der Waals surface area contributed by atoms with Gasteiger partial charge in [0.1, 0.15) is 0 Å². The predicted octanol–water partition coefficient (Wildman–Crippen LogP) is 2.45. The van der Waals surface area contributed by atoms with Crippen LogP contribution in [0.3, 0.4) is 0 Å². The molecule has 2 heteroatoms. The van der Waals surface area contributed by atoms with Gasteiger partial charge in [0.15, 0.2) is 0 Å². The molecular formula is C12H18N2. The Morgan fingerprint density at radius 3 is 3.00 bits per heavy atom. The van der Waals surface area contributed by atoms with Crippen LogP contribution in [0.1, 0.15) is 24.7 Å². The molecule has 2 nitrogen and oxygen atoms in total. The Kier molecular flexibility index (Phi) is 4.94. The van der Waals surface area contributed by atoms with E-state index < -0.39 is 0 Å². The molecule has 0 aliphatic heterocycles. The number of hydrogen-bond acceptors (Lipinski definition) is 2. The number of aromatic nitrogens is 1. The number of allylic oxidation sites excluding steroid dienone is 1. The fourth-order valence-corrected chi connectivity index (χ4v) is 1.27. The van der Waals surface area contributed by atoms with Gasteiger partial charge in [0.2, 0.25) is 0 Å².